The summed E-state index contributed by atoms with van der Waals surface area (Å²) in [5, 5.41) is 0. The van der Waals surface area contributed by atoms with E-state index >= 15 is 0 Å². The van der Waals surface area contributed by atoms with Gasteiger partial charge in [-0.05, 0) is 38.5 Å². The van der Waals surface area contributed by atoms with Crippen LogP contribution in [0.25, 0.3) is 0 Å². The minimum atomic E-state index is 0.293. The Balaban J connectivity index is 1.85. The zero-order valence-electron chi connectivity index (χ0n) is 11.2. The van der Waals surface area contributed by atoms with Crippen molar-refractivity contribution < 1.29 is 4.79 Å². The minimum absolute atomic E-state index is 0.293. The molecular weight excluding hydrogens is 212 g/mol. The fraction of sp³-hybridized carbons (Fsp3) is 0.929. The van der Waals surface area contributed by atoms with E-state index in [9.17, 15) is 4.79 Å². The van der Waals surface area contributed by atoms with E-state index in [1.54, 1.807) is 0 Å². The highest BCUT2D eigenvalue weighted by Crippen LogP contribution is 2.27. The van der Waals surface area contributed by atoms with Gasteiger partial charge < -0.3 is 9.80 Å². The molecule has 1 heterocycles. The first-order chi connectivity index (χ1) is 8.31. The summed E-state index contributed by atoms with van der Waals surface area (Å²) in [6, 6.07) is 0.293. The highest BCUT2D eigenvalue weighted by atomic mass is 16.2. The third-order valence-electron chi connectivity index (χ3n) is 4.23. The SMILES string of the molecule is CCN(CC1CCC1)C(=O)N1CCCCCC1. The van der Waals surface area contributed by atoms with Gasteiger partial charge >= 0.3 is 6.03 Å². The van der Waals surface area contributed by atoms with Crippen LogP contribution < -0.4 is 0 Å². The molecule has 2 amide bonds. The number of carbonyl (C=O) groups is 1. The fourth-order valence-electron chi connectivity index (χ4n) is 2.79. The summed E-state index contributed by atoms with van der Waals surface area (Å²) in [5.41, 5.74) is 0. The second-order valence-corrected chi connectivity index (χ2v) is 5.52. The molecule has 0 aromatic rings. The van der Waals surface area contributed by atoms with E-state index in [4.69, 9.17) is 0 Å². The van der Waals surface area contributed by atoms with Gasteiger partial charge in [-0.1, -0.05) is 19.3 Å². The minimum Gasteiger partial charge on any atom is -0.325 e. The third-order valence-corrected chi connectivity index (χ3v) is 4.23. The molecule has 17 heavy (non-hydrogen) atoms. The van der Waals surface area contributed by atoms with Gasteiger partial charge in [0.25, 0.3) is 0 Å². The van der Waals surface area contributed by atoms with Gasteiger partial charge in [-0.2, -0.15) is 0 Å². The van der Waals surface area contributed by atoms with Crippen LogP contribution in [0.15, 0.2) is 0 Å². The lowest BCUT2D eigenvalue weighted by Crippen LogP contribution is -2.46. The van der Waals surface area contributed by atoms with Crippen LogP contribution in [0.5, 0.6) is 0 Å². The van der Waals surface area contributed by atoms with Gasteiger partial charge in [0.05, 0.1) is 0 Å². The molecule has 3 heteroatoms. The quantitative estimate of drug-likeness (QED) is 0.741. The molecule has 3 nitrogen and oxygen atoms in total. The van der Waals surface area contributed by atoms with Crippen LogP contribution in [-0.4, -0.2) is 42.0 Å². The summed E-state index contributed by atoms with van der Waals surface area (Å²) in [5.74, 6) is 0.783. The molecule has 1 saturated heterocycles. The predicted molar refractivity (Wildman–Crippen MR) is 70.0 cm³/mol. The highest BCUT2D eigenvalue weighted by molar-refractivity contribution is 5.74. The van der Waals surface area contributed by atoms with Crippen molar-refractivity contribution in [3.63, 3.8) is 0 Å². The molecule has 0 atom stereocenters. The largest absolute Gasteiger partial charge is 0.325 e. The molecule has 0 radical (unpaired) electrons. The number of carbonyl (C=O) groups excluding carboxylic acids is 1. The lowest BCUT2D eigenvalue weighted by Gasteiger charge is -2.35. The van der Waals surface area contributed by atoms with Crippen LogP contribution >= 0.6 is 0 Å². The maximum atomic E-state index is 12.4. The maximum absolute atomic E-state index is 12.4. The first-order valence-electron chi connectivity index (χ1n) is 7.35. The summed E-state index contributed by atoms with van der Waals surface area (Å²) >= 11 is 0. The molecule has 0 N–H and O–H groups in total. The Morgan fingerprint density at radius 2 is 1.76 bits per heavy atom. The van der Waals surface area contributed by atoms with E-state index in [1.807, 2.05) is 0 Å². The maximum Gasteiger partial charge on any atom is 0.319 e. The number of urea groups is 1. The summed E-state index contributed by atoms with van der Waals surface area (Å²) in [4.78, 5) is 16.6. The van der Waals surface area contributed by atoms with Gasteiger partial charge in [0.2, 0.25) is 0 Å². The van der Waals surface area contributed by atoms with Crippen molar-refractivity contribution in [2.75, 3.05) is 26.2 Å². The second kappa shape index (κ2) is 6.27. The number of likely N-dealkylation sites (tertiary alicyclic amines) is 1. The lowest BCUT2D eigenvalue weighted by molar-refractivity contribution is 0.136. The third kappa shape index (κ3) is 3.36. The smallest absolute Gasteiger partial charge is 0.319 e. The number of hydrogen-bond acceptors (Lipinski definition) is 1. The van der Waals surface area contributed by atoms with E-state index in [2.05, 4.69) is 16.7 Å². The molecule has 2 rings (SSSR count). The van der Waals surface area contributed by atoms with E-state index in [0.29, 0.717) is 6.03 Å². The van der Waals surface area contributed by atoms with E-state index < -0.39 is 0 Å². The average Bonchev–Trinajstić information content (AvgIpc) is 2.55. The Morgan fingerprint density at radius 3 is 2.24 bits per heavy atom. The molecule has 1 saturated carbocycles. The number of nitrogens with zero attached hydrogens (tertiary/aromatic N) is 2. The predicted octanol–water partition coefficient (Wildman–Crippen LogP) is 3.10. The number of rotatable bonds is 3. The van der Waals surface area contributed by atoms with E-state index in [1.165, 1.54) is 44.9 Å². The van der Waals surface area contributed by atoms with Crippen molar-refractivity contribution >= 4 is 6.03 Å². The van der Waals surface area contributed by atoms with Gasteiger partial charge in [0, 0.05) is 26.2 Å². The standard InChI is InChI=1S/C14H26N2O/c1-2-15(12-13-8-7-9-13)14(17)16-10-5-3-4-6-11-16/h13H,2-12H2,1H3. The van der Waals surface area contributed by atoms with Gasteiger partial charge in [0.1, 0.15) is 0 Å². The van der Waals surface area contributed by atoms with Crippen LogP contribution in [0.3, 0.4) is 0 Å². The van der Waals surface area contributed by atoms with Crippen molar-refractivity contribution in [2.45, 2.75) is 51.9 Å². The fourth-order valence-corrected chi connectivity index (χ4v) is 2.79. The normalized spacial score (nSPS) is 21.8. The van der Waals surface area contributed by atoms with Crippen LogP contribution in [0.4, 0.5) is 4.79 Å². The average molecular weight is 238 g/mol. The van der Waals surface area contributed by atoms with Crippen molar-refractivity contribution in [3.05, 3.63) is 0 Å². The molecule has 2 fully saturated rings. The molecule has 1 aliphatic carbocycles. The van der Waals surface area contributed by atoms with Crippen LogP contribution in [0.2, 0.25) is 0 Å². The zero-order valence-corrected chi connectivity index (χ0v) is 11.2. The highest BCUT2D eigenvalue weighted by Gasteiger charge is 2.25. The van der Waals surface area contributed by atoms with Gasteiger partial charge in [-0.25, -0.2) is 4.79 Å². The molecule has 0 unspecified atom stereocenters. The molecule has 0 aromatic carbocycles. The van der Waals surface area contributed by atoms with Crippen LogP contribution in [-0.2, 0) is 0 Å². The van der Waals surface area contributed by atoms with Gasteiger partial charge in [-0.15, -0.1) is 0 Å². The monoisotopic (exact) mass is 238 g/mol. The second-order valence-electron chi connectivity index (χ2n) is 5.52. The molecule has 0 aromatic heterocycles. The Kier molecular flexibility index (Phi) is 4.69. The van der Waals surface area contributed by atoms with Crippen molar-refractivity contribution in [3.8, 4) is 0 Å². The van der Waals surface area contributed by atoms with E-state index in [-0.39, 0.29) is 0 Å². The Hall–Kier alpha value is -0.730. The van der Waals surface area contributed by atoms with Gasteiger partial charge in [0.15, 0.2) is 0 Å². The summed E-state index contributed by atoms with van der Waals surface area (Å²) < 4.78 is 0. The molecule has 2 aliphatic rings. The van der Waals surface area contributed by atoms with Crippen molar-refractivity contribution in [1.29, 1.82) is 0 Å². The topological polar surface area (TPSA) is 23.6 Å². The zero-order chi connectivity index (χ0) is 12.1. The summed E-state index contributed by atoms with van der Waals surface area (Å²) in [6.45, 7) is 5.91. The Morgan fingerprint density at radius 1 is 1.12 bits per heavy atom. The molecular formula is C14H26N2O. The molecule has 1 aliphatic heterocycles. The molecule has 0 spiro atoms. The van der Waals surface area contributed by atoms with E-state index in [0.717, 1.165) is 32.1 Å². The first kappa shape index (κ1) is 12.7. The van der Waals surface area contributed by atoms with Crippen LogP contribution in [0, 0.1) is 5.92 Å². The summed E-state index contributed by atoms with van der Waals surface area (Å²) in [6.07, 6.45) is 8.96. The molecule has 98 valence electrons. The summed E-state index contributed by atoms with van der Waals surface area (Å²) in [7, 11) is 0. The Bertz CT molecular complexity index is 243. The molecule has 0 bridgehead atoms. The number of hydrogen-bond donors (Lipinski definition) is 0. The van der Waals surface area contributed by atoms with Crippen molar-refractivity contribution in [2.24, 2.45) is 5.92 Å². The van der Waals surface area contributed by atoms with Gasteiger partial charge in [-0.3, -0.25) is 0 Å². The first-order valence-corrected chi connectivity index (χ1v) is 7.35. The number of amides is 2. The lowest BCUT2D eigenvalue weighted by atomic mass is 9.85. The van der Waals surface area contributed by atoms with Crippen molar-refractivity contribution in [1.82, 2.24) is 9.80 Å². The van der Waals surface area contributed by atoms with Crippen LogP contribution in [0.1, 0.15) is 51.9 Å². The Labute approximate surface area is 105 Å².